The largest absolute Gasteiger partial charge is 0.368 e. The van der Waals surface area contributed by atoms with Crippen LogP contribution in [0.4, 0.5) is 14.5 Å². The minimum absolute atomic E-state index is 0.0147. The first-order valence-electron chi connectivity index (χ1n) is 11.7. The summed E-state index contributed by atoms with van der Waals surface area (Å²) in [7, 11) is 0. The van der Waals surface area contributed by atoms with E-state index in [2.05, 4.69) is 26.6 Å². The average Bonchev–Trinajstić information content (AvgIpc) is 3.51. The van der Waals surface area contributed by atoms with Gasteiger partial charge < -0.3 is 15.5 Å². The van der Waals surface area contributed by atoms with Crippen LogP contribution in [0.15, 0.2) is 54.9 Å². The summed E-state index contributed by atoms with van der Waals surface area (Å²) in [5.41, 5.74) is 3.11. The van der Waals surface area contributed by atoms with E-state index in [9.17, 15) is 13.6 Å². The average molecular weight is 474 g/mol. The SMILES string of the molecule is N#Cc1cccc(CNC(=O)c2cncc(-c3cc(F)cc(F)c3)c2N2CCC3(CCCN3)C2)c1. The van der Waals surface area contributed by atoms with E-state index < -0.39 is 11.6 Å². The van der Waals surface area contributed by atoms with Gasteiger partial charge in [0.2, 0.25) is 0 Å². The van der Waals surface area contributed by atoms with Crippen molar-refractivity contribution in [2.24, 2.45) is 0 Å². The van der Waals surface area contributed by atoms with Gasteiger partial charge in [-0.3, -0.25) is 9.78 Å². The Hall–Kier alpha value is -3.83. The monoisotopic (exact) mass is 473 g/mol. The van der Waals surface area contributed by atoms with Crippen molar-refractivity contribution < 1.29 is 13.6 Å². The van der Waals surface area contributed by atoms with Crippen LogP contribution in [0.5, 0.6) is 0 Å². The zero-order valence-corrected chi connectivity index (χ0v) is 19.2. The summed E-state index contributed by atoms with van der Waals surface area (Å²) >= 11 is 0. The van der Waals surface area contributed by atoms with Crippen molar-refractivity contribution in [3.63, 3.8) is 0 Å². The van der Waals surface area contributed by atoms with Gasteiger partial charge in [-0.15, -0.1) is 0 Å². The van der Waals surface area contributed by atoms with Crippen LogP contribution in [-0.4, -0.2) is 36.1 Å². The Morgan fingerprint density at radius 1 is 1.17 bits per heavy atom. The molecule has 2 fully saturated rings. The molecule has 2 saturated heterocycles. The van der Waals surface area contributed by atoms with E-state index in [1.807, 2.05) is 6.07 Å². The fraction of sp³-hybridized carbons (Fsp3) is 0.296. The number of carbonyl (C=O) groups excluding carboxylic acids is 1. The highest BCUT2D eigenvalue weighted by Gasteiger charge is 2.41. The first-order valence-corrected chi connectivity index (χ1v) is 11.7. The van der Waals surface area contributed by atoms with Crippen LogP contribution in [0.3, 0.4) is 0 Å². The summed E-state index contributed by atoms with van der Waals surface area (Å²) in [5, 5.41) is 15.7. The number of nitriles is 1. The van der Waals surface area contributed by atoms with E-state index in [0.717, 1.165) is 37.4 Å². The summed E-state index contributed by atoms with van der Waals surface area (Å²) in [6.45, 7) is 2.61. The number of carbonyl (C=O) groups is 1. The number of nitrogens with zero attached hydrogens (tertiary/aromatic N) is 3. The molecule has 5 rings (SSSR count). The number of amides is 1. The Balaban J connectivity index is 1.51. The van der Waals surface area contributed by atoms with Gasteiger partial charge in [0.05, 0.1) is 22.9 Å². The van der Waals surface area contributed by atoms with E-state index in [-0.39, 0.29) is 18.0 Å². The van der Waals surface area contributed by atoms with Crippen LogP contribution in [-0.2, 0) is 6.54 Å². The van der Waals surface area contributed by atoms with Gasteiger partial charge in [-0.25, -0.2) is 8.78 Å². The van der Waals surface area contributed by atoms with Gasteiger partial charge in [0, 0.05) is 49.2 Å². The van der Waals surface area contributed by atoms with Gasteiger partial charge >= 0.3 is 0 Å². The lowest BCUT2D eigenvalue weighted by atomic mass is 9.96. The molecule has 2 N–H and O–H groups in total. The van der Waals surface area contributed by atoms with E-state index >= 15 is 0 Å². The minimum Gasteiger partial charge on any atom is -0.368 e. The molecule has 1 amide bonds. The third kappa shape index (κ3) is 4.73. The molecule has 2 aromatic carbocycles. The van der Waals surface area contributed by atoms with Gasteiger partial charge in [-0.1, -0.05) is 12.1 Å². The number of nitrogens with one attached hydrogen (secondary N) is 2. The number of aromatic nitrogens is 1. The highest BCUT2D eigenvalue weighted by atomic mass is 19.1. The molecule has 2 aliphatic rings. The summed E-state index contributed by atoms with van der Waals surface area (Å²) in [6, 6.07) is 12.5. The van der Waals surface area contributed by atoms with Crippen LogP contribution >= 0.6 is 0 Å². The van der Waals surface area contributed by atoms with Crippen molar-refractivity contribution in [1.29, 1.82) is 5.26 Å². The molecule has 1 atom stereocenters. The number of hydrogen-bond acceptors (Lipinski definition) is 5. The zero-order chi connectivity index (χ0) is 24.4. The fourth-order valence-electron chi connectivity index (χ4n) is 5.19. The van der Waals surface area contributed by atoms with Gasteiger partial charge in [-0.2, -0.15) is 5.26 Å². The summed E-state index contributed by atoms with van der Waals surface area (Å²) in [5.74, 6) is -1.71. The Bertz CT molecular complexity index is 1290. The number of pyridine rings is 1. The Labute approximate surface area is 202 Å². The minimum atomic E-state index is -0.687. The third-order valence-corrected chi connectivity index (χ3v) is 6.85. The molecule has 3 aromatic rings. The Morgan fingerprint density at radius 2 is 2.00 bits per heavy atom. The van der Waals surface area contributed by atoms with Crippen molar-refractivity contribution in [2.45, 2.75) is 31.3 Å². The van der Waals surface area contributed by atoms with Gasteiger partial charge in [-0.05, 0) is 61.2 Å². The van der Waals surface area contributed by atoms with Crippen molar-refractivity contribution in [3.8, 4) is 17.2 Å². The van der Waals surface area contributed by atoms with Crippen LogP contribution in [0.2, 0.25) is 0 Å². The first kappa shape index (κ1) is 22.9. The fourth-order valence-corrected chi connectivity index (χ4v) is 5.19. The highest BCUT2D eigenvalue weighted by Crippen LogP contribution is 2.40. The number of halogens is 2. The van der Waals surface area contributed by atoms with Crippen molar-refractivity contribution >= 4 is 11.6 Å². The topological polar surface area (TPSA) is 81.0 Å². The van der Waals surface area contributed by atoms with E-state index in [1.54, 1.807) is 24.4 Å². The molecule has 6 nitrogen and oxygen atoms in total. The molecule has 3 heterocycles. The van der Waals surface area contributed by atoms with E-state index in [0.29, 0.717) is 41.0 Å². The second-order valence-corrected chi connectivity index (χ2v) is 9.22. The molecular formula is C27H25F2N5O. The molecule has 1 unspecified atom stereocenters. The highest BCUT2D eigenvalue weighted by molar-refractivity contribution is 6.03. The molecule has 178 valence electrons. The molecule has 2 aliphatic heterocycles. The number of anilines is 1. The summed E-state index contributed by atoms with van der Waals surface area (Å²) in [6.07, 6.45) is 6.14. The molecule has 35 heavy (non-hydrogen) atoms. The van der Waals surface area contributed by atoms with Crippen LogP contribution in [0, 0.1) is 23.0 Å². The summed E-state index contributed by atoms with van der Waals surface area (Å²) in [4.78, 5) is 19.8. The Kier molecular flexibility index (Phi) is 6.18. The van der Waals surface area contributed by atoms with E-state index in [4.69, 9.17) is 5.26 Å². The van der Waals surface area contributed by atoms with E-state index in [1.165, 1.54) is 18.3 Å². The molecular weight excluding hydrogens is 448 g/mol. The van der Waals surface area contributed by atoms with Crippen LogP contribution in [0.25, 0.3) is 11.1 Å². The number of benzene rings is 2. The molecule has 0 saturated carbocycles. The van der Waals surface area contributed by atoms with Crippen molar-refractivity contribution in [3.05, 3.63) is 83.2 Å². The van der Waals surface area contributed by atoms with Gasteiger partial charge in [0.25, 0.3) is 5.91 Å². The maximum Gasteiger partial charge on any atom is 0.255 e. The normalized spacial score (nSPS) is 19.2. The lowest BCUT2D eigenvalue weighted by molar-refractivity contribution is 0.0951. The molecule has 1 spiro atoms. The molecule has 0 aliphatic carbocycles. The Morgan fingerprint density at radius 3 is 2.74 bits per heavy atom. The molecule has 8 heteroatoms. The third-order valence-electron chi connectivity index (χ3n) is 6.85. The number of hydrogen-bond donors (Lipinski definition) is 2. The smallest absolute Gasteiger partial charge is 0.255 e. The van der Waals surface area contributed by atoms with Crippen molar-refractivity contribution in [1.82, 2.24) is 15.6 Å². The standard InChI is InChI=1S/C27H25F2N5O/c28-21-10-20(11-22(29)12-21)23-15-31-16-24(25(23)34-8-6-27(17-34)5-2-7-33-27)26(35)32-14-19-4-1-3-18(9-19)13-30/h1,3-4,9-12,15-16,33H,2,5-8,14,17H2,(H,32,35). The second-order valence-electron chi connectivity index (χ2n) is 9.22. The van der Waals surface area contributed by atoms with Gasteiger partial charge in [0.15, 0.2) is 0 Å². The van der Waals surface area contributed by atoms with Crippen LogP contribution in [0.1, 0.15) is 40.7 Å². The van der Waals surface area contributed by atoms with Crippen molar-refractivity contribution in [2.75, 3.05) is 24.5 Å². The maximum atomic E-state index is 14.1. The molecule has 0 bridgehead atoms. The lowest BCUT2D eigenvalue weighted by Crippen LogP contribution is -2.42. The molecule has 0 radical (unpaired) electrons. The quantitative estimate of drug-likeness (QED) is 0.582. The predicted octanol–water partition coefficient (Wildman–Crippen LogP) is 4.16. The van der Waals surface area contributed by atoms with Gasteiger partial charge in [0.1, 0.15) is 11.6 Å². The predicted molar refractivity (Wildman–Crippen MR) is 129 cm³/mol. The zero-order valence-electron chi connectivity index (χ0n) is 19.2. The summed E-state index contributed by atoms with van der Waals surface area (Å²) < 4.78 is 28.2. The maximum absolute atomic E-state index is 14.1. The molecule has 1 aromatic heterocycles. The second kappa shape index (κ2) is 9.43. The number of rotatable bonds is 5. The van der Waals surface area contributed by atoms with Crippen LogP contribution < -0.4 is 15.5 Å². The lowest BCUT2D eigenvalue weighted by Gasteiger charge is -2.28. The first-order chi connectivity index (χ1) is 17.0.